The molecule has 1 fully saturated rings. The van der Waals surface area contributed by atoms with Crippen molar-refractivity contribution >= 4 is 21.6 Å². The lowest BCUT2D eigenvalue weighted by molar-refractivity contribution is -0.118. The van der Waals surface area contributed by atoms with Crippen molar-refractivity contribution in [3.8, 4) is 0 Å². The fraction of sp³-hybridized carbons (Fsp3) is 0.316. The summed E-state index contributed by atoms with van der Waals surface area (Å²) in [5, 5.41) is 2.83. The second-order valence-corrected chi connectivity index (χ2v) is 8.56. The molecular weight excluding hydrogens is 355 g/mol. The van der Waals surface area contributed by atoms with Gasteiger partial charge in [-0.05, 0) is 68.7 Å². The Hall–Kier alpha value is -2.25. The quantitative estimate of drug-likeness (QED) is 0.813. The standard InChI is InChI=1S/C19H21FN2O3S/c1-13(2)22-26(24,25)17-9-7-16(8-10-17)21-18(23)19(11-12-19)14-3-5-15(20)6-4-14/h3-10,13,22H,11-12H2,1-2H3,(H,21,23). The van der Waals surface area contributed by atoms with Crippen LogP contribution in [0.15, 0.2) is 53.4 Å². The van der Waals surface area contributed by atoms with Gasteiger partial charge < -0.3 is 5.32 Å². The smallest absolute Gasteiger partial charge is 0.240 e. The highest BCUT2D eigenvalue weighted by Crippen LogP contribution is 2.49. The summed E-state index contributed by atoms with van der Waals surface area (Å²) >= 11 is 0. The first-order valence-corrected chi connectivity index (χ1v) is 9.91. The molecule has 0 aliphatic heterocycles. The van der Waals surface area contributed by atoms with Crippen LogP contribution in [-0.2, 0) is 20.2 Å². The van der Waals surface area contributed by atoms with E-state index in [9.17, 15) is 17.6 Å². The number of sulfonamides is 1. The van der Waals surface area contributed by atoms with Crippen LogP contribution < -0.4 is 10.0 Å². The molecule has 1 saturated carbocycles. The molecule has 0 atom stereocenters. The summed E-state index contributed by atoms with van der Waals surface area (Å²) in [5.74, 6) is -0.503. The zero-order valence-corrected chi connectivity index (χ0v) is 15.4. The normalized spacial score (nSPS) is 15.7. The van der Waals surface area contributed by atoms with Crippen molar-refractivity contribution in [3.63, 3.8) is 0 Å². The zero-order valence-electron chi connectivity index (χ0n) is 14.6. The summed E-state index contributed by atoms with van der Waals surface area (Å²) < 4.78 is 39.9. The number of benzene rings is 2. The summed E-state index contributed by atoms with van der Waals surface area (Å²) in [5.41, 5.74) is 0.682. The van der Waals surface area contributed by atoms with Crippen LogP contribution in [0.25, 0.3) is 0 Å². The van der Waals surface area contributed by atoms with Crippen LogP contribution in [0.5, 0.6) is 0 Å². The summed E-state index contributed by atoms with van der Waals surface area (Å²) in [6.45, 7) is 3.49. The van der Waals surface area contributed by atoms with Crippen molar-refractivity contribution in [2.75, 3.05) is 5.32 Å². The van der Waals surface area contributed by atoms with Crippen molar-refractivity contribution < 1.29 is 17.6 Å². The molecule has 1 aliphatic carbocycles. The number of nitrogens with one attached hydrogen (secondary N) is 2. The van der Waals surface area contributed by atoms with Gasteiger partial charge in [0.25, 0.3) is 0 Å². The van der Waals surface area contributed by atoms with Gasteiger partial charge in [-0.3, -0.25) is 4.79 Å². The Labute approximate surface area is 152 Å². The van der Waals surface area contributed by atoms with Gasteiger partial charge in [0.2, 0.25) is 15.9 Å². The van der Waals surface area contributed by atoms with E-state index >= 15 is 0 Å². The second kappa shape index (κ2) is 6.81. The van der Waals surface area contributed by atoms with Crippen LogP contribution >= 0.6 is 0 Å². The van der Waals surface area contributed by atoms with E-state index in [0.29, 0.717) is 18.5 Å². The van der Waals surface area contributed by atoms with Crippen LogP contribution in [0, 0.1) is 5.82 Å². The summed E-state index contributed by atoms with van der Waals surface area (Å²) in [4.78, 5) is 12.8. The molecule has 0 radical (unpaired) electrons. The largest absolute Gasteiger partial charge is 0.325 e. The average Bonchev–Trinajstić information content (AvgIpc) is 3.37. The summed E-state index contributed by atoms with van der Waals surface area (Å²) in [6.07, 6.45) is 1.41. The molecule has 0 spiro atoms. The van der Waals surface area contributed by atoms with Crippen molar-refractivity contribution in [2.24, 2.45) is 0 Å². The maximum atomic E-state index is 13.1. The van der Waals surface area contributed by atoms with Gasteiger partial charge in [-0.25, -0.2) is 17.5 Å². The van der Waals surface area contributed by atoms with Crippen LogP contribution in [0.2, 0.25) is 0 Å². The molecule has 2 aromatic rings. The Morgan fingerprint density at radius 2 is 1.62 bits per heavy atom. The van der Waals surface area contributed by atoms with Gasteiger partial charge in [0.15, 0.2) is 0 Å². The third kappa shape index (κ3) is 3.78. The molecular formula is C19H21FN2O3S. The van der Waals surface area contributed by atoms with Gasteiger partial charge in [-0.2, -0.15) is 0 Å². The number of carbonyl (C=O) groups is 1. The Balaban J connectivity index is 1.73. The van der Waals surface area contributed by atoms with E-state index in [2.05, 4.69) is 10.0 Å². The molecule has 1 aliphatic rings. The highest BCUT2D eigenvalue weighted by molar-refractivity contribution is 7.89. The molecule has 0 bridgehead atoms. The molecule has 1 amide bonds. The number of anilines is 1. The molecule has 2 N–H and O–H groups in total. The second-order valence-electron chi connectivity index (χ2n) is 6.84. The number of hydrogen-bond acceptors (Lipinski definition) is 3. The lowest BCUT2D eigenvalue weighted by Gasteiger charge is -2.16. The first kappa shape index (κ1) is 18.5. The van der Waals surface area contributed by atoms with Gasteiger partial charge in [0.05, 0.1) is 10.3 Å². The maximum Gasteiger partial charge on any atom is 0.240 e. The Kier molecular flexibility index (Phi) is 4.86. The minimum Gasteiger partial charge on any atom is -0.325 e. The number of rotatable bonds is 6. The van der Waals surface area contributed by atoms with E-state index in [4.69, 9.17) is 0 Å². The monoisotopic (exact) mass is 376 g/mol. The molecule has 5 nitrogen and oxygen atoms in total. The molecule has 0 heterocycles. The molecule has 26 heavy (non-hydrogen) atoms. The van der Waals surface area contributed by atoms with Crippen LogP contribution in [0.4, 0.5) is 10.1 Å². The van der Waals surface area contributed by atoms with E-state index in [1.165, 1.54) is 24.3 Å². The first-order valence-electron chi connectivity index (χ1n) is 8.43. The van der Waals surface area contributed by atoms with Gasteiger partial charge >= 0.3 is 0 Å². The van der Waals surface area contributed by atoms with Gasteiger partial charge in [0.1, 0.15) is 5.82 Å². The lowest BCUT2D eigenvalue weighted by Crippen LogP contribution is -2.30. The van der Waals surface area contributed by atoms with E-state index in [0.717, 1.165) is 5.56 Å². The first-order chi connectivity index (χ1) is 12.2. The average molecular weight is 376 g/mol. The number of hydrogen-bond donors (Lipinski definition) is 2. The predicted molar refractivity (Wildman–Crippen MR) is 97.8 cm³/mol. The Morgan fingerprint density at radius 3 is 2.12 bits per heavy atom. The van der Waals surface area contributed by atoms with Crippen molar-refractivity contribution in [2.45, 2.75) is 43.0 Å². The lowest BCUT2D eigenvalue weighted by atomic mass is 9.95. The predicted octanol–water partition coefficient (Wildman–Crippen LogP) is 3.18. The van der Waals surface area contributed by atoms with Crippen LogP contribution in [0.1, 0.15) is 32.3 Å². The van der Waals surface area contributed by atoms with Gasteiger partial charge in [0, 0.05) is 11.7 Å². The van der Waals surface area contributed by atoms with E-state index in [1.54, 1.807) is 38.1 Å². The number of carbonyl (C=O) groups excluding carboxylic acids is 1. The number of halogens is 1. The van der Waals surface area contributed by atoms with E-state index in [1.807, 2.05) is 0 Å². The fourth-order valence-corrected chi connectivity index (χ4v) is 4.14. The van der Waals surface area contributed by atoms with Crippen molar-refractivity contribution in [1.82, 2.24) is 4.72 Å². The third-order valence-electron chi connectivity index (χ3n) is 4.39. The van der Waals surface area contributed by atoms with E-state index in [-0.39, 0.29) is 22.7 Å². The molecule has 0 aromatic heterocycles. The number of amides is 1. The van der Waals surface area contributed by atoms with Crippen LogP contribution in [0.3, 0.4) is 0 Å². The van der Waals surface area contributed by atoms with Crippen molar-refractivity contribution in [3.05, 3.63) is 59.9 Å². The zero-order chi connectivity index (χ0) is 18.9. The van der Waals surface area contributed by atoms with Crippen molar-refractivity contribution in [1.29, 1.82) is 0 Å². The van der Waals surface area contributed by atoms with Gasteiger partial charge in [-0.1, -0.05) is 12.1 Å². The Morgan fingerprint density at radius 1 is 1.04 bits per heavy atom. The fourth-order valence-electron chi connectivity index (χ4n) is 2.89. The summed E-state index contributed by atoms with van der Waals surface area (Å²) in [7, 11) is -3.57. The third-order valence-corrected chi connectivity index (χ3v) is 6.07. The highest BCUT2D eigenvalue weighted by atomic mass is 32.2. The SMILES string of the molecule is CC(C)NS(=O)(=O)c1ccc(NC(=O)C2(c3ccc(F)cc3)CC2)cc1. The minimum atomic E-state index is -3.57. The molecule has 7 heteroatoms. The molecule has 0 saturated heterocycles. The molecule has 2 aromatic carbocycles. The highest BCUT2D eigenvalue weighted by Gasteiger charge is 2.51. The molecule has 3 rings (SSSR count). The molecule has 138 valence electrons. The summed E-state index contributed by atoms with van der Waals surface area (Å²) in [6, 6.07) is 11.8. The van der Waals surface area contributed by atoms with Gasteiger partial charge in [-0.15, -0.1) is 0 Å². The van der Waals surface area contributed by atoms with Crippen LogP contribution in [-0.4, -0.2) is 20.4 Å². The Bertz CT molecular complexity index is 903. The maximum absolute atomic E-state index is 13.1. The van der Waals surface area contributed by atoms with E-state index < -0.39 is 15.4 Å². The topological polar surface area (TPSA) is 75.3 Å². The minimum absolute atomic E-state index is 0.142. The molecule has 0 unspecified atom stereocenters.